The maximum absolute atomic E-state index is 12.7. The van der Waals surface area contributed by atoms with Gasteiger partial charge in [0.15, 0.2) is 0 Å². The average Bonchev–Trinajstić information content (AvgIpc) is 2.48. The van der Waals surface area contributed by atoms with Gasteiger partial charge in [0, 0.05) is 24.7 Å². The van der Waals surface area contributed by atoms with Crippen molar-refractivity contribution in [2.45, 2.75) is 31.6 Å². The first kappa shape index (κ1) is 16.7. The monoisotopic (exact) mass is 331 g/mol. The molecule has 0 aliphatic carbocycles. The third-order valence-electron chi connectivity index (χ3n) is 3.82. The van der Waals surface area contributed by atoms with Gasteiger partial charge in [-0.15, -0.1) is 0 Å². The second kappa shape index (κ2) is 7.09. The molecule has 1 unspecified atom stereocenters. The van der Waals surface area contributed by atoms with Crippen molar-refractivity contribution in [1.29, 1.82) is 0 Å². The highest BCUT2D eigenvalue weighted by molar-refractivity contribution is 7.89. The minimum absolute atomic E-state index is 0.273. The number of sulfonamides is 1. The van der Waals surface area contributed by atoms with Crippen LogP contribution in [0.1, 0.15) is 25.3 Å². The van der Waals surface area contributed by atoms with Gasteiger partial charge in [0.25, 0.3) is 0 Å². The molecule has 0 saturated carbocycles. The minimum atomic E-state index is -3.47. The lowest BCUT2D eigenvalue weighted by Crippen LogP contribution is -2.41. The van der Waals surface area contributed by atoms with E-state index in [1.165, 1.54) is 0 Å². The average molecular weight is 332 g/mol. The van der Waals surface area contributed by atoms with E-state index in [1.807, 2.05) is 13.8 Å². The Balaban J connectivity index is 2.16. The van der Waals surface area contributed by atoms with Crippen molar-refractivity contribution in [3.05, 3.63) is 28.8 Å². The van der Waals surface area contributed by atoms with Crippen LogP contribution in [0.2, 0.25) is 5.02 Å². The Kier molecular flexibility index (Phi) is 5.66. The molecule has 1 aliphatic heterocycles. The van der Waals surface area contributed by atoms with Crippen molar-refractivity contribution in [2.24, 2.45) is 5.92 Å². The molecule has 0 amide bonds. The van der Waals surface area contributed by atoms with Gasteiger partial charge >= 0.3 is 0 Å². The van der Waals surface area contributed by atoms with Gasteiger partial charge < -0.3 is 4.74 Å². The van der Waals surface area contributed by atoms with Crippen molar-refractivity contribution in [2.75, 3.05) is 26.3 Å². The first-order valence-corrected chi connectivity index (χ1v) is 9.11. The van der Waals surface area contributed by atoms with Crippen LogP contribution in [-0.4, -0.2) is 39.0 Å². The summed E-state index contributed by atoms with van der Waals surface area (Å²) >= 11 is 6.05. The highest BCUT2D eigenvalue weighted by Gasteiger charge is 2.30. The molecule has 1 saturated heterocycles. The molecule has 1 aromatic rings. The molecule has 1 aromatic carbocycles. The molecule has 0 aromatic heterocycles. The van der Waals surface area contributed by atoms with E-state index >= 15 is 0 Å². The molecule has 1 atom stereocenters. The second-order valence-electron chi connectivity index (χ2n) is 5.44. The maximum Gasteiger partial charge on any atom is 0.243 e. The van der Waals surface area contributed by atoms with Gasteiger partial charge in [-0.2, -0.15) is 4.31 Å². The first-order valence-electron chi connectivity index (χ1n) is 7.29. The lowest BCUT2D eigenvalue weighted by Gasteiger charge is -2.31. The third kappa shape index (κ3) is 3.97. The number of benzene rings is 1. The van der Waals surface area contributed by atoms with Crippen molar-refractivity contribution in [3.8, 4) is 0 Å². The van der Waals surface area contributed by atoms with Crippen molar-refractivity contribution < 1.29 is 13.2 Å². The first-order chi connectivity index (χ1) is 9.95. The summed E-state index contributed by atoms with van der Waals surface area (Å²) in [6, 6.07) is 4.91. The van der Waals surface area contributed by atoms with E-state index in [1.54, 1.807) is 22.5 Å². The Morgan fingerprint density at radius 2 is 2.19 bits per heavy atom. The van der Waals surface area contributed by atoms with E-state index < -0.39 is 10.0 Å². The zero-order valence-electron chi connectivity index (χ0n) is 12.5. The molecule has 4 nitrogen and oxygen atoms in total. The van der Waals surface area contributed by atoms with Gasteiger partial charge in [0.2, 0.25) is 10.0 Å². The molecular weight excluding hydrogens is 310 g/mol. The smallest absolute Gasteiger partial charge is 0.243 e. The number of rotatable bonds is 5. The van der Waals surface area contributed by atoms with Crippen LogP contribution < -0.4 is 0 Å². The Hall–Kier alpha value is -0.620. The highest BCUT2D eigenvalue weighted by atomic mass is 35.5. The largest absolute Gasteiger partial charge is 0.381 e. The molecule has 0 bridgehead atoms. The Morgan fingerprint density at radius 1 is 1.43 bits per heavy atom. The number of halogens is 1. The molecule has 21 heavy (non-hydrogen) atoms. The fraction of sp³-hybridized carbons (Fsp3) is 0.600. The minimum Gasteiger partial charge on any atom is -0.381 e. The van der Waals surface area contributed by atoms with E-state index in [2.05, 4.69) is 0 Å². The Labute approximate surface area is 132 Å². The molecule has 0 spiro atoms. The van der Waals surface area contributed by atoms with E-state index in [9.17, 15) is 8.42 Å². The van der Waals surface area contributed by atoms with Gasteiger partial charge in [-0.1, -0.05) is 17.7 Å². The van der Waals surface area contributed by atoms with E-state index in [0.29, 0.717) is 31.3 Å². The second-order valence-corrected chi connectivity index (χ2v) is 7.79. The molecule has 118 valence electrons. The summed E-state index contributed by atoms with van der Waals surface area (Å²) in [7, 11) is -3.47. The van der Waals surface area contributed by atoms with Crippen molar-refractivity contribution in [3.63, 3.8) is 0 Å². The Bertz CT molecular complexity index is 589. The number of ether oxygens (including phenoxy) is 1. The van der Waals surface area contributed by atoms with Gasteiger partial charge in [0.05, 0.1) is 11.5 Å². The van der Waals surface area contributed by atoms with Crippen LogP contribution in [0.5, 0.6) is 0 Å². The van der Waals surface area contributed by atoms with Crippen LogP contribution in [0.25, 0.3) is 0 Å². The summed E-state index contributed by atoms with van der Waals surface area (Å²) in [4.78, 5) is 0.273. The number of hydrogen-bond acceptors (Lipinski definition) is 3. The predicted octanol–water partition coefficient (Wildman–Crippen LogP) is 3.09. The van der Waals surface area contributed by atoms with E-state index in [0.717, 1.165) is 18.4 Å². The van der Waals surface area contributed by atoms with Crippen LogP contribution in [-0.2, 0) is 14.8 Å². The molecule has 0 radical (unpaired) electrons. The van der Waals surface area contributed by atoms with Gasteiger partial charge in [-0.05, 0) is 50.3 Å². The topological polar surface area (TPSA) is 46.6 Å². The zero-order valence-corrected chi connectivity index (χ0v) is 14.1. The lowest BCUT2D eigenvalue weighted by molar-refractivity contribution is 0.0864. The van der Waals surface area contributed by atoms with Crippen LogP contribution in [0.4, 0.5) is 0 Å². The third-order valence-corrected chi connectivity index (χ3v) is 6.09. The van der Waals surface area contributed by atoms with Crippen LogP contribution in [0, 0.1) is 12.8 Å². The fourth-order valence-corrected chi connectivity index (χ4v) is 4.38. The summed E-state index contributed by atoms with van der Waals surface area (Å²) in [6.07, 6.45) is 1.89. The molecule has 1 aliphatic rings. The van der Waals surface area contributed by atoms with Crippen molar-refractivity contribution in [1.82, 2.24) is 4.31 Å². The summed E-state index contributed by atoms with van der Waals surface area (Å²) in [5.41, 5.74) is 0.878. The Morgan fingerprint density at radius 3 is 2.86 bits per heavy atom. The maximum atomic E-state index is 12.7. The molecule has 1 heterocycles. The van der Waals surface area contributed by atoms with Gasteiger partial charge in [0.1, 0.15) is 0 Å². The van der Waals surface area contributed by atoms with Gasteiger partial charge in [-0.25, -0.2) is 8.42 Å². The lowest BCUT2D eigenvalue weighted by atomic mass is 10.0. The zero-order chi connectivity index (χ0) is 15.5. The number of piperidine rings is 1. The number of aryl methyl sites for hydroxylation is 1. The fourth-order valence-electron chi connectivity index (χ4n) is 2.55. The molecule has 6 heteroatoms. The molecule has 1 fully saturated rings. The predicted molar refractivity (Wildman–Crippen MR) is 84.2 cm³/mol. The summed E-state index contributed by atoms with van der Waals surface area (Å²) < 4.78 is 32.4. The number of nitrogens with zero attached hydrogens (tertiary/aromatic N) is 1. The summed E-state index contributed by atoms with van der Waals surface area (Å²) in [5, 5.41) is 0.485. The standard InChI is InChI=1S/C15H22ClNO3S/c1-3-20-11-13-5-4-8-17(10-13)21(18,19)14-7-6-12(2)15(16)9-14/h6-7,9,13H,3-5,8,10-11H2,1-2H3. The van der Waals surface area contributed by atoms with E-state index in [4.69, 9.17) is 16.3 Å². The summed E-state index contributed by atoms with van der Waals surface area (Å²) in [6.45, 7) is 6.18. The summed E-state index contributed by atoms with van der Waals surface area (Å²) in [5.74, 6) is 0.273. The van der Waals surface area contributed by atoms with Crippen LogP contribution in [0.15, 0.2) is 23.1 Å². The SMILES string of the molecule is CCOCC1CCCN(S(=O)(=O)c2ccc(C)c(Cl)c2)C1. The van der Waals surface area contributed by atoms with E-state index in [-0.39, 0.29) is 10.8 Å². The normalized spacial score (nSPS) is 20.6. The molecule has 2 rings (SSSR count). The van der Waals surface area contributed by atoms with Crippen LogP contribution in [0.3, 0.4) is 0 Å². The quantitative estimate of drug-likeness (QED) is 0.833. The number of hydrogen-bond donors (Lipinski definition) is 0. The van der Waals surface area contributed by atoms with Crippen LogP contribution >= 0.6 is 11.6 Å². The van der Waals surface area contributed by atoms with Crippen molar-refractivity contribution >= 4 is 21.6 Å². The highest BCUT2D eigenvalue weighted by Crippen LogP contribution is 2.26. The molecular formula is C15H22ClNO3S. The van der Waals surface area contributed by atoms with Gasteiger partial charge in [-0.3, -0.25) is 0 Å². The molecule has 0 N–H and O–H groups in total.